The van der Waals surface area contributed by atoms with Crippen LogP contribution in [0.1, 0.15) is 114 Å². The van der Waals surface area contributed by atoms with Crippen LogP contribution in [-0.2, 0) is 14.3 Å². The van der Waals surface area contributed by atoms with Crippen molar-refractivity contribution in [3.63, 3.8) is 0 Å². The summed E-state index contributed by atoms with van der Waals surface area (Å²) in [6.07, 6.45) is 8.01. The Morgan fingerprint density at radius 1 is 0.980 bits per heavy atom. The van der Waals surface area contributed by atoms with Crippen molar-refractivity contribution in [3.8, 4) is 0 Å². The lowest BCUT2D eigenvalue weighted by atomic mass is 9.79. The van der Waals surface area contributed by atoms with Gasteiger partial charge in [-0.1, -0.05) is 13.3 Å². The molecule has 13 heteroatoms. The van der Waals surface area contributed by atoms with Crippen LogP contribution in [0.5, 0.6) is 0 Å². The van der Waals surface area contributed by atoms with E-state index >= 15 is 0 Å². The fourth-order valence-electron chi connectivity index (χ4n) is 7.60. The molecule has 4 atom stereocenters. The van der Waals surface area contributed by atoms with Gasteiger partial charge in [0.1, 0.15) is 11.1 Å². The number of esters is 1. The monoisotopic (exact) mass is 711 g/mol. The van der Waals surface area contributed by atoms with Gasteiger partial charge in [0.15, 0.2) is 0 Å². The van der Waals surface area contributed by atoms with E-state index in [2.05, 4.69) is 46.9 Å². The van der Waals surface area contributed by atoms with Crippen molar-refractivity contribution >= 4 is 52.2 Å². The van der Waals surface area contributed by atoms with Crippen LogP contribution in [-0.4, -0.2) is 78.7 Å². The summed E-state index contributed by atoms with van der Waals surface area (Å²) in [7, 11) is 0. The lowest BCUT2D eigenvalue weighted by Crippen LogP contribution is -2.49. The van der Waals surface area contributed by atoms with E-state index in [1.54, 1.807) is 13.0 Å². The molecule has 2 fully saturated rings. The van der Waals surface area contributed by atoms with Gasteiger partial charge in [-0.2, -0.15) is 11.8 Å². The third-order valence-electron chi connectivity index (χ3n) is 10.1. The number of unbranched alkanes of at least 4 members (excludes halogenated alkanes) is 3. The fraction of sp³-hybridized carbons (Fsp3) is 0.649. The van der Waals surface area contributed by atoms with Crippen molar-refractivity contribution in [1.29, 1.82) is 0 Å². The lowest BCUT2D eigenvalue weighted by molar-refractivity contribution is -0.121. The van der Waals surface area contributed by atoms with E-state index in [1.165, 1.54) is 0 Å². The molecule has 0 unspecified atom stereocenters. The van der Waals surface area contributed by atoms with E-state index in [4.69, 9.17) is 9.15 Å². The number of fused-ring (bicyclic) bond motifs is 3. The van der Waals surface area contributed by atoms with Crippen molar-refractivity contribution < 1.29 is 28.3 Å². The van der Waals surface area contributed by atoms with E-state index in [-0.39, 0.29) is 53.6 Å². The number of anilines is 1. The maximum absolute atomic E-state index is 12.6. The van der Waals surface area contributed by atoms with Crippen molar-refractivity contribution in [3.05, 3.63) is 39.7 Å². The molecule has 2 aromatic rings. The first kappa shape index (κ1) is 37.5. The second kappa shape index (κ2) is 17.0. The molecule has 1 aromatic carbocycles. The predicted molar refractivity (Wildman–Crippen MR) is 196 cm³/mol. The minimum atomic E-state index is -0.716. The molecule has 0 spiro atoms. The number of hydrogen-bond donors (Lipinski definition) is 4. The van der Waals surface area contributed by atoms with Gasteiger partial charge in [-0.3, -0.25) is 9.59 Å². The first-order valence-electron chi connectivity index (χ1n) is 18.3. The molecule has 0 radical (unpaired) electrons. The number of ether oxygens (including phenoxy) is 1. The molecule has 4 amide bonds. The van der Waals surface area contributed by atoms with Gasteiger partial charge >= 0.3 is 17.6 Å². The SMILES string of the molecule is CCOC(=O)c1cc2cc3c(cc2oc1=O)N(CCCC(=O)NCCCCCNC(=O)CCCC[C@@H]1SC[C@@H]2NC(=O)N[C@@H]21)C(C)(C)C[C@H]3C. The zero-order valence-electron chi connectivity index (χ0n) is 29.9. The fourth-order valence-corrected chi connectivity index (χ4v) is 9.15. The number of carbonyl (C=O) groups is 4. The minimum Gasteiger partial charge on any atom is -0.462 e. The highest BCUT2D eigenvalue weighted by Gasteiger charge is 2.42. The molecule has 50 heavy (non-hydrogen) atoms. The Morgan fingerprint density at radius 2 is 1.70 bits per heavy atom. The number of nitrogens with zero attached hydrogens (tertiary/aromatic N) is 1. The summed E-state index contributed by atoms with van der Waals surface area (Å²) in [6, 6.07) is 5.84. The van der Waals surface area contributed by atoms with Gasteiger partial charge in [0.2, 0.25) is 11.8 Å². The number of hydrogen-bond acceptors (Lipinski definition) is 9. The summed E-state index contributed by atoms with van der Waals surface area (Å²) in [5.74, 6) is 0.633. The van der Waals surface area contributed by atoms with Crippen molar-refractivity contribution in [2.45, 2.75) is 121 Å². The second-order valence-corrected chi connectivity index (χ2v) is 15.7. The average molecular weight is 712 g/mol. The molecule has 0 bridgehead atoms. The standard InChI is InChI=1S/C37H53N5O7S/c1-5-48-34(45)26-19-24-18-25-23(2)21-37(3,4)42(28(25)20-29(24)49-35(26)46)17-11-14-32(44)39-16-10-6-9-15-38-31(43)13-8-7-12-30-33-27(22-50-30)40-36(47)41-33/h18-20,23,27,30,33H,5-17,21-22H2,1-4H3,(H,38,43)(H,39,44)(H2,40,41,47)/t23-,27+,30+,33+/m1/s1. The third-order valence-corrected chi connectivity index (χ3v) is 11.6. The van der Waals surface area contributed by atoms with Crippen LogP contribution in [0.25, 0.3) is 11.0 Å². The summed E-state index contributed by atoms with van der Waals surface area (Å²) in [4.78, 5) is 63.6. The summed E-state index contributed by atoms with van der Waals surface area (Å²) < 4.78 is 10.6. The maximum Gasteiger partial charge on any atom is 0.351 e. The molecule has 3 aliphatic heterocycles. The van der Waals surface area contributed by atoms with Gasteiger partial charge in [-0.25, -0.2) is 14.4 Å². The molecule has 12 nitrogen and oxygen atoms in total. The summed E-state index contributed by atoms with van der Waals surface area (Å²) in [5.41, 5.74) is 1.54. The Balaban J connectivity index is 0.974. The van der Waals surface area contributed by atoms with Gasteiger partial charge in [0.05, 0.1) is 18.7 Å². The third kappa shape index (κ3) is 9.32. The molecule has 4 heterocycles. The molecular weight excluding hydrogens is 659 g/mol. The van der Waals surface area contributed by atoms with Gasteiger partial charge in [0, 0.05) is 66.2 Å². The first-order valence-corrected chi connectivity index (χ1v) is 19.3. The Kier molecular flexibility index (Phi) is 12.7. The van der Waals surface area contributed by atoms with Gasteiger partial charge in [0.25, 0.3) is 0 Å². The Labute approximate surface area is 298 Å². The highest BCUT2D eigenvalue weighted by atomic mass is 32.2. The number of nitrogens with one attached hydrogen (secondary N) is 4. The lowest BCUT2D eigenvalue weighted by Gasteiger charge is -2.47. The van der Waals surface area contributed by atoms with Crippen molar-refractivity contribution in [2.75, 3.05) is 36.9 Å². The minimum absolute atomic E-state index is 0.0239. The van der Waals surface area contributed by atoms with Crippen LogP contribution in [0, 0.1) is 0 Å². The topological polar surface area (TPSA) is 159 Å². The number of amides is 4. The smallest absolute Gasteiger partial charge is 0.351 e. The molecular formula is C37H53N5O7S. The van der Waals surface area contributed by atoms with Gasteiger partial charge in [-0.05, 0) is 89.3 Å². The van der Waals surface area contributed by atoms with Crippen molar-refractivity contribution in [2.24, 2.45) is 0 Å². The molecule has 3 aliphatic rings. The predicted octanol–water partition coefficient (Wildman–Crippen LogP) is 4.97. The van der Waals surface area contributed by atoms with Crippen LogP contribution < -0.4 is 31.8 Å². The Morgan fingerprint density at radius 3 is 2.42 bits per heavy atom. The van der Waals surface area contributed by atoms with E-state index in [0.29, 0.717) is 55.1 Å². The molecule has 5 rings (SSSR count). The van der Waals surface area contributed by atoms with Gasteiger partial charge < -0.3 is 35.3 Å². The van der Waals surface area contributed by atoms with Crippen LogP contribution in [0.15, 0.2) is 27.4 Å². The first-order chi connectivity index (χ1) is 24.0. The van der Waals surface area contributed by atoms with Crippen LogP contribution >= 0.6 is 11.8 Å². The number of thioether (sulfide) groups is 1. The molecule has 2 saturated heterocycles. The summed E-state index contributed by atoms with van der Waals surface area (Å²) in [5, 5.41) is 13.1. The largest absolute Gasteiger partial charge is 0.462 e. The average Bonchev–Trinajstić information content (AvgIpc) is 3.62. The van der Waals surface area contributed by atoms with Crippen molar-refractivity contribution in [1.82, 2.24) is 21.3 Å². The molecule has 1 aromatic heterocycles. The van der Waals surface area contributed by atoms with E-state index in [9.17, 15) is 24.0 Å². The molecule has 0 saturated carbocycles. The second-order valence-electron chi connectivity index (χ2n) is 14.4. The van der Waals surface area contributed by atoms with Crippen LogP contribution in [0.3, 0.4) is 0 Å². The number of benzene rings is 1. The molecule has 4 N–H and O–H groups in total. The summed E-state index contributed by atoms with van der Waals surface area (Å²) >= 11 is 1.90. The number of rotatable bonds is 17. The normalized spacial score (nSPS) is 22.0. The maximum atomic E-state index is 12.6. The van der Waals surface area contributed by atoms with Crippen LogP contribution in [0.4, 0.5) is 10.5 Å². The van der Waals surface area contributed by atoms with E-state index in [1.807, 2.05) is 23.9 Å². The number of urea groups is 1. The Bertz CT molecular complexity index is 1610. The zero-order valence-corrected chi connectivity index (χ0v) is 30.7. The quantitative estimate of drug-likeness (QED) is 0.0770. The summed E-state index contributed by atoms with van der Waals surface area (Å²) in [6.45, 7) is 10.4. The highest BCUT2D eigenvalue weighted by Crippen LogP contribution is 2.45. The molecule has 0 aliphatic carbocycles. The molecule has 274 valence electrons. The van der Waals surface area contributed by atoms with E-state index in [0.717, 1.165) is 61.9 Å². The van der Waals surface area contributed by atoms with E-state index < -0.39 is 11.6 Å². The number of carbonyl (C=O) groups excluding carboxylic acids is 4. The Hall–Kier alpha value is -3.74. The van der Waals surface area contributed by atoms with Crippen LogP contribution in [0.2, 0.25) is 0 Å². The highest BCUT2D eigenvalue weighted by molar-refractivity contribution is 8.00. The zero-order chi connectivity index (χ0) is 35.8. The van der Waals surface area contributed by atoms with Gasteiger partial charge in [-0.15, -0.1) is 0 Å².